The summed E-state index contributed by atoms with van der Waals surface area (Å²) in [7, 11) is 0. The van der Waals surface area contributed by atoms with Gasteiger partial charge >= 0.3 is 0 Å². The smallest absolute Gasteiger partial charge is 0.223 e. The fraction of sp³-hybridized carbons (Fsp3) is 0.226. The van der Waals surface area contributed by atoms with Gasteiger partial charge in [0.05, 0.1) is 23.6 Å². The first kappa shape index (κ1) is 22.4. The number of aromatic nitrogens is 2. The summed E-state index contributed by atoms with van der Waals surface area (Å²) in [6, 6.07) is 32.9. The molecule has 1 amide bonds. The number of rotatable bonds is 7. The quantitative estimate of drug-likeness (QED) is 0.276. The van der Waals surface area contributed by atoms with E-state index in [1.165, 1.54) is 5.39 Å². The zero-order chi connectivity index (χ0) is 24.5. The lowest BCUT2D eigenvalue weighted by molar-refractivity contribution is -0.129. The molecule has 2 heterocycles. The first-order valence-corrected chi connectivity index (χ1v) is 12.6. The molecule has 1 aliphatic rings. The van der Waals surface area contributed by atoms with Crippen LogP contribution in [0, 0.1) is 0 Å². The van der Waals surface area contributed by atoms with Crippen molar-refractivity contribution in [2.45, 2.75) is 31.8 Å². The minimum Gasteiger partial charge on any atom is -0.491 e. The molecule has 1 aliphatic heterocycles. The summed E-state index contributed by atoms with van der Waals surface area (Å²) >= 11 is 0. The van der Waals surface area contributed by atoms with Gasteiger partial charge in [-0.3, -0.25) is 4.79 Å². The zero-order valence-electron chi connectivity index (χ0n) is 20.4. The van der Waals surface area contributed by atoms with Gasteiger partial charge in [0, 0.05) is 24.3 Å². The molecule has 4 aromatic carbocycles. The molecular weight excluding hydrogens is 446 g/mol. The Balaban J connectivity index is 1.25. The highest BCUT2D eigenvalue weighted by molar-refractivity contribution is 5.88. The van der Waals surface area contributed by atoms with Gasteiger partial charge in [-0.2, -0.15) is 0 Å². The third-order valence-corrected chi connectivity index (χ3v) is 7.28. The van der Waals surface area contributed by atoms with Crippen LogP contribution in [0.1, 0.15) is 36.7 Å². The molecule has 0 N–H and O–H groups in total. The number of carbonyl (C=O) groups is 1. The molecule has 0 aliphatic carbocycles. The Bertz CT molecular complexity index is 1520. The van der Waals surface area contributed by atoms with Crippen molar-refractivity contribution >= 4 is 27.7 Å². The second-order valence-corrected chi connectivity index (χ2v) is 9.47. The summed E-state index contributed by atoms with van der Waals surface area (Å²) in [5, 5.41) is 2.28. The highest BCUT2D eigenvalue weighted by Gasteiger charge is 2.36. The van der Waals surface area contributed by atoms with Crippen molar-refractivity contribution in [2.24, 2.45) is 0 Å². The monoisotopic (exact) mass is 475 g/mol. The highest BCUT2D eigenvalue weighted by atomic mass is 16.5. The van der Waals surface area contributed by atoms with Crippen molar-refractivity contribution in [3.8, 4) is 5.75 Å². The molecule has 0 spiro atoms. The lowest BCUT2D eigenvalue weighted by atomic mass is 10.1. The number of nitrogens with zero attached hydrogens (tertiary/aromatic N) is 3. The van der Waals surface area contributed by atoms with Crippen LogP contribution in [0.3, 0.4) is 0 Å². The average Bonchev–Trinajstić information content (AvgIpc) is 3.49. The third kappa shape index (κ3) is 4.11. The molecule has 180 valence electrons. The maximum Gasteiger partial charge on any atom is 0.223 e. The van der Waals surface area contributed by atoms with Gasteiger partial charge in [0.2, 0.25) is 5.91 Å². The Morgan fingerprint density at radius 3 is 2.56 bits per heavy atom. The number of ether oxygens (including phenoxy) is 1. The van der Waals surface area contributed by atoms with Crippen LogP contribution < -0.4 is 4.74 Å². The van der Waals surface area contributed by atoms with E-state index in [0.717, 1.165) is 33.6 Å². The van der Waals surface area contributed by atoms with E-state index in [0.29, 0.717) is 26.1 Å². The first-order valence-electron chi connectivity index (χ1n) is 12.6. The minimum atomic E-state index is 0.0382. The Morgan fingerprint density at radius 1 is 0.917 bits per heavy atom. The standard InChI is InChI=1S/C31H29N3O2/c1-22(23-10-3-2-4-11-23)34-21-25(20-30(34)35)31-32-27-15-7-8-16-28(27)33(31)18-19-36-29-17-9-13-24-12-5-6-14-26(24)29/h2-17,22,25H,18-21H2,1H3. The number of fused-ring (bicyclic) bond motifs is 2. The van der Waals surface area contributed by atoms with Gasteiger partial charge in [0.15, 0.2) is 0 Å². The number of benzene rings is 4. The number of carbonyl (C=O) groups excluding carboxylic acids is 1. The van der Waals surface area contributed by atoms with Crippen molar-refractivity contribution in [3.05, 3.63) is 108 Å². The molecule has 0 bridgehead atoms. The zero-order valence-corrected chi connectivity index (χ0v) is 20.4. The molecule has 0 saturated carbocycles. The predicted molar refractivity (Wildman–Crippen MR) is 143 cm³/mol. The Morgan fingerprint density at radius 2 is 1.67 bits per heavy atom. The van der Waals surface area contributed by atoms with E-state index in [1.807, 2.05) is 65.6 Å². The molecule has 2 atom stereocenters. The Kier molecular flexibility index (Phi) is 5.90. The summed E-state index contributed by atoms with van der Waals surface area (Å²) in [6.07, 6.45) is 0.477. The first-order chi connectivity index (χ1) is 17.7. The van der Waals surface area contributed by atoms with Crippen LogP contribution in [0.25, 0.3) is 21.8 Å². The third-order valence-electron chi connectivity index (χ3n) is 7.28. The number of hydrogen-bond donors (Lipinski definition) is 0. The van der Waals surface area contributed by atoms with Crippen molar-refractivity contribution in [1.29, 1.82) is 0 Å². The summed E-state index contributed by atoms with van der Waals surface area (Å²) in [5.41, 5.74) is 3.19. The number of likely N-dealkylation sites (tertiary alicyclic amines) is 1. The SMILES string of the molecule is CC(c1ccccc1)N1CC(c2nc3ccccc3n2CCOc2cccc3ccccc23)CC1=O. The van der Waals surface area contributed by atoms with E-state index in [1.54, 1.807) is 0 Å². The maximum atomic E-state index is 13.1. The van der Waals surface area contributed by atoms with Gasteiger partial charge in [-0.25, -0.2) is 4.98 Å². The molecule has 5 aromatic rings. The Hall–Kier alpha value is -4.12. The van der Waals surface area contributed by atoms with Crippen molar-refractivity contribution in [3.63, 3.8) is 0 Å². The van der Waals surface area contributed by atoms with Crippen LogP contribution in [0.5, 0.6) is 5.75 Å². The summed E-state index contributed by atoms with van der Waals surface area (Å²) in [4.78, 5) is 20.1. The van der Waals surface area contributed by atoms with Crippen LogP contribution >= 0.6 is 0 Å². The lowest BCUT2D eigenvalue weighted by Crippen LogP contribution is -2.28. The average molecular weight is 476 g/mol. The van der Waals surface area contributed by atoms with Gasteiger partial charge in [0.1, 0.15) is 18.2 Å². The summed E-state index contributed by atoms with van der Waals surface area (Å²) in [5.74, 6) is 2.09. The molecular formula is C31H29N3O2. The van der Waals surface area contributed by atoms with E-state index in [-0.39, 0.29) is 17.9 Å². The molecule has 36 heavy (non-hydrogen) atoms. The number of imidazole rings is 1. The topological polar surface area (TPSA) is 47.4 Å². The van der Waals surface area contributed by atoms with Crippen LogP contribution in [0.4, 0.5) is 0 Å². The van der Waals surface area contributed by atoms with Crippen LogP contribution in [0.15, 0.2) is 97.1 Å². The molecule has 6 rings (SSSR count). The van der Waals surface area contributed by atoms with E-state index in [9.17, 15) is 4.79 Å². The molecule has 1 fully saturated rings. The van der Waals surface area contributed by atoms with E-state index >= 15 is 0 Å². The fourth-order valence-corrected chi connectivity index (χ4v) is 5.40. The highest BCUT2D eigenvalue weighted by Crippen LogP contribution is 2.35. The number of para-hydroxylation sites is 2. The molecule has 2 unspecified atom stereocenters. The molecule has 0 radical (unpaired) electrons. The molecule has 1 aromatic heterocycles. The number of hydrogen-bond acceptors (Lipinski definition) is 3. The minimum absolute atomic E-state index is 0.0382. The van der Waals surface area contributed by atoms with Gasteiger partial charge in [0.25, 0.3) is 0 Å². The largest absolute Gasteiger partial charge is 0.491 e. The van der Waals surface area contributed by atoms with Gasteiger partial charge in [-0.05, 0) is 36.1 Å². The van der Waals surface area contributed by atoms with Crippen molar-refractivity contribution in [2.75, 3.05) is 13.2 Å². The van der Waals surface area contributed by atoms with E-state index in [2.05, 4.69) is 47.9 Å². The van der Waals surface area contributed by atoms with Crippen LogP contribution in [-0.4, -0.2) is 33.5 Å². The van der Waals surface area contributed by atoms with Gasteiger partial charge < -0.3 is 14.2 Å². The predicted octanol–water partition coefficient (Wildman–Crippen LogP) is 6.35. The fourth-order valence-electron chi connectivity index (χ4n) is 5.40. The van der Waals surface area contributed by atoms with E-state index < -0.39 is 0 Å². The molecule has 1 saturated heterocycles. The second kappa shape index (κ2) is 9.50. The second-order valence-electron chi connectivity index (χ2n) is 9.47. The molecule has 5 nitrogen and oxygen atoms in total. The molecule has 5 heteroatoms. The van der Waals surface area contributed by atoms with Gasteiger partial charge in [-0.1, -0.05) is 78.9 Å². The lowest BCUT2D eigenvalue weighted by Gasteiger charge is -2.25. The van der Waals surface area contributed by atoms with Crippen LogP contribution in [0.2, 0.25) is 0 Å². The van der Waals surface area contributed by atoms with E-state index in [4.69, 9.17) is 9.72 Å². The normalized spacial score (nSPS) is 16.6. The van der Waals surface area contributed by atoms with Crippen LogP contribution in [-0.2, 0) is 11.3 Å². The van der Waals surface area contributed by atoms with Crippen molar-refractivity contribution in [1.82, 2.24) is 14.5 Å². The summed E-state index contributed by atoms with van der Waals surface area (Å²) < 4.78 is 8.52. The Labute approximate surface area is 210 Å². The number of amides is 1. The van der Waals surface area contributed by atoms with Gasteiger partial charge in [-0.15, -0.1) is 0 Å². The maximum absolute atomic E-state index is 13.1. The summed E-state index contributed by atoms with van der Waals surface area (Å²) in [6.45, 7) is 3.96. The van der Waals surface area contributed by atoms with Crippen molar-refractivity contribution < 1.29 is 9.53 Å².